The number of carbonyl (C=O) groups is 1. The Morgan fingerprint density at radius 3 is 2.76 bits per heavy atom. The van der Waals surface area contributed by atoms with Crippen LogP contribution in [0.3, 0.4) is 0 Å². The monoisotopic (exact) mass is 289 g/mol. The minimum Gasteiger partial charge on any atom is -0.453 e. The summed E-state index contributed by atoms with van der Waals surface area (Å²) < 4.78 is 6.54. The Labute approximate surface area is 107 Å². The van der Waals surface area contributed by atoms with Gasteiger partial charge < -0.3 is 10.1 Å². The number of nitrogens with one attached hydrogen (secondary N) is 1. The number of hydrogen-bond donors (Lipinski definition) is 1. The van der Waals surface area contributed by atoms with E-state index in [2.05, 4.69) is 21.2 Å². The topological polar surface area (TPSA) is 38.3 Å². The maximum absolute atomic E-state index is 12.0. The molecule has 0 saturated carbocycles. The number of amides is 1. The molecule has 84 valence electrons. The van der Waals surface area contributed by atoms with Crippen LogP contribution in [0.15, 0.2) is 46.9 Å². The first-order valence-corrected chi connectivity index (χ1v) is 5.92. The van der Waals surface area contributed by atoms with E-state index in [1.54, 1.807) is 6.07 Å². The summed E-state index contributed by atoms with van der Waals surface area (Å²) in [4.78, 5) is 12.0. The molecular formula is C13H8BrNO2. The Bertz CT molecular complexity index is 610. The largest absolute Gasteiger partial charge is 0.453 e. The highest BCUT2D eigenvalue weighted by Crippen LogP contribution is 2.39. The van der Waals surface area contributed by atoms with Gasteiger partial charge in [-0.15, -0.1) is 0 Å². The molecule has 4 heteroatoms. The van der Waals surface area contributed by atoms with E-state index in [0.717, 1.165) is 4.47 Å². The number of halogens is 1. The average molecular weight is 290 g/mol. The van der Waals surface area contributed by atoms with Gasteiger partial charge >= 0.3 is 0 Å². The van der Waals surface area contributed by atoms with Gasteiger partial charge in [0.25, 0.3) is 5.91 Å². The summed E-state index contributed by atoms with van der Waals surface area (Å²) in [6.07, 6.45) is 0. The highest BCUT2D eigenvalue weighted by molar-refractivity contribution is 9.10. The fourth-order valence-corrected chi connectivity index (χ4v) is 2.20. The van der Waals surface area contributed by atoms with Crippen molar-refractivity contribution in [2.24, 2.45) is 0 Å². The fourth-order valence-electron chi connectivity index (χ4n) is 1.75. The Hall–Kier alpha value is -1.81. The summed E-state index contributed by atoms with van der Waals surface area (Å²) >= 11 is 3.39. The van der Waals surface area contributed by atoms with Gasteiger partial charge in [0.15, 0.2) is 11.5 Å². The van der Waals surface area contributed by atoms with Crippen molar-refractivity contribution >= 4 is 27.5 Å². The summed E-state index contributed by atoms with van der Waals surface area (Å²) in [7, 11) is 0. The quantitative estimate of drug-likeness (QED) is 0.801. The van der Waals surface area contributed by atoms with E-state index >= 15 is 0 Å². The molecule has 1 heterocycles. The molecule has 1 amide bonds. The van der Waals surface area contributed by atoms with Crippen LogP contribution < -0.4 is 10.1 Å². The normalized spacial score (nSPS) is 12.9. The van der Waals surface area contributed by atoms with Crippen LogP contribution in [0, 0.1) is 0 Å². The van der Waals surface area contributed by atoms with E-state index in [9.17, 15) is 4.79 Å². The van der Waals surface area contributed by atoms with E-state index in [1.165, 1.54) is 0 Å². The molecule has 1 aliphatic heterocycles. The lowest BCUT2D eigenvalue weighted by molar-refractivity contribution is 0.102. The number of hydrogen-bond acceptors (Lipinski definition) is 2. The maximum atomic E-state index is 12.0. The molecule has 2 aromatic rings. The van der Waals surface area contributed by atoms with Crippen molar-refractivity contribution in [3.05, 3.63) is 52.5 Å². The third kappa shape index (κ3) is 1.70. The van der Waals surface area contributed by atoms with Crippen molar-refractivity contribution in [1.29, 1.82) is 0 Å². The Kier molecular flexibility index (Phi) is 2.37. The second kappa shape index (κ2) is 3.89. The van der Waals surface area contributed by atoms with E-state index < -0.39 is 0 Å². The lowest BCUT2D eigenvalue weighted by Crippen LogP contribution is -2.10. The standard InChI is InChI=1S/C13H8BrNO2/c14-9-5-3-4-8-12(9)17-11-7-2-1-6-10(11)15-13(8)16/h1-7H,(H,15,16). The Balaban J connectivity index is 2.22. The highest BCUT2D eigenvalue weighted by Gasteiger charge is 2.21. The van der Waals surface area contributed by atoms with Crippen molar-refractivity contribution < 1.29 is 9.53 Å². The lowest BCUT2D eigenvalue weighted by atomic mass is 10.2. The number of ether oxygens (including phenoxy) is 1. The first-order valence-electron chi connectivity index (χ1n) is 5.12. The summed E-state index contributed by atoms with van der Waals surface area (Å²) in [6, 6.07) is 12.8. The minimum atomic E-state index is -0.161. The first kappa shape index (κ1) is 10.4. The number of para-hydroxylation sites is 3. The van der Waals surface area contributed by atoms with Crippen LogP contribution >= 0.6 is 15.9 Å². The van der Waals surface area contributed by atoms with Crippen LogP contribution in [0.25, 0.3) is 0 Å². The van der Waals surface area contributed by atoms with E-state index in [-0.39, 0.29) is 5.91 Å². The van der Waals surface area contributed by atoms with Crippen molar-refractivity contribution in [1.82, 2.24) is 0 Å². The smallest absolute Gasteiger partial charge is 0.259 e. The van der Waals surface area contributed by atoms with Gasteiger partial charge in [-0.3, -0.25) is 4.79 Å². The first-order chi connectivity index (χ1) is 8.25. The molecule has 2 aromatic carbocycles. The predicted molar refractivity (Wildman–Crippen MR) is 68.6 cm³/mol. The van der Waals surface area contributed by atoms with Crippen LogP contribution in [0.5, 0.6) is 11.5 Å². The summed E-state index contributed by atoms with van der Waals surface area (Å²) in [5.41, 5.74) is 1.20. The van der Waals surface area contributed by atoms with Crippen molar-refractivity contribution in [3.63, 3.8) is 0 Å². The lowest BCUT2D eigenvalue weighted by Gasteiger charge is -2.08. The van der Waals surface area contributed by atoms with Gasteiger partial charge in [-0.1, -0.05) is 18.2 Å². The van der Waals surface area contributed by atoms with Gasteiger partial charge in [-0.05, 0) is 40.2 Å². The zero-order valence-electron chi connectivity index (χ0n) is 8.74. The van der Waals surface area contributed by atoms with Crippen LogP contribution in [0.4, 0.5) is 5.69 Å². The molecule has 0 unspecified atom stereocenters. The van der Waals surface area contributed by atoms with Crippen LogP contribution in [-0.2, 0) is 0 Å². The number of carbonyl (C=O) groups excluding carboxylic acids is 1. The molecular weight excluding hydrogens is 282 g/mol. The molecule has 3 rings (SSSR count). The number of rotatable bonds is 0. The third-order valence-electron chi connectivity index (χ3n) is 2.56. The summed E-state index contributed by atoms with van der Waals surface area (Å²) in [5.74, 6) is 1.03. The number of anilines is 1. The molecule has 1 aliphatic rings. The van der Waals surface area contributed by atoms with Gasteiger partial charge in [0.1, 0.15) is 0 Å². The van der Waals surface area contributed by atoms with Gasteiger partial charge in [0.05, 0.1) is 15.7 Å². The molecule has 17 heavy (non-hydrogen) atoms. The third-order valence-corrected chi connectivity index (χ3v) is 3.18. The molecule has 0 spiro atoms. The zero-order valence-corrected chi connectivity index (χ0v) is 10.3. The van der Waals surface area contributed by atoms with Crippen LogP contribution in [-0.4, -0.2) is 5.91 Å². The molecule has 0 aromatic heterocycles. The fraction of sp³-hybridized carbons (Fsp3) is 0. The second-order valence-corrected chi connectivity index (χ2v) is 4.52. The second-order valence-electron chi connectivity index (χ2n) is 3.67. The van der Waals surface area contributed by atoms with Crippen LogP contribution in [0.1, 0.15) is 10.4 Å². The van der Waals surface area contributed by atoms with Crippen LogP contribution in [0.2, 0.25) is 0 Å². The molecule has 0 saturated heterocycles. The van der Waals surface area contributed by atoms with E-state index in [4.69, 9.17) is 4.74 Å². The van der Waals surface area contributed by atoms with Crippen molar-refractivity contribution in [3.8, 4) is 11.5 Å². The predicted octanol–water partition coefficient (Wildman–Crippen LogP) is 3.81. The van der Waals surface area contributed by atoms with Gasteiger partial charge in [-0.25, -0.2) is 0 Å². The number of benzene rings is 2. The zero-order chi connectivity index (χ0) is 11.8. The Morgan fingerprint density at radius 2 is 1.88 bits per heavy atom. The van der Waals surface area contributed by atoms with Crippen molar-refractivity contribution in [2.45, 2.75) is 0 Å². The molecule has 3 nitrogen and oxygen atoms in total. The SMILES string of the molecule is O=C1Nc2ccccc2Oc2c(Br)cccc21. The molecule has 0 atom stereocenters. The minimum absolute atomic E-state index is 0.161. The Morgan fingerprint density at radius 1 is 1.06 bits per heavy atom. The average Bonchev–Trinajstić information content (AvgIpc) is 2.47. The molecule has 0 radical (unpaired) electrons. The highest BCUT2D eigenvalue weighted by atomic mass is 79.9. The van der Waals surface area contributed by atoms with E-state index in [1.807, 2.05) is 36.4 Å². The summed E-state index contributed by atoms with van der Waals surface area (Å²) in [6.45, 7) is 0. The van der Waals surface area contributed by atoms with E-state index in [0.29, 0.717) is 22.7 Å². The van der Waals surface area contributed by atoms with Gasteiger partial charge in [0.2, 0.25) is 0 Å². The van der Waals surface area contributed by atoms with Gasteiger partial charge in [-0.2, -0.15) is 0 Å². The molecule has 0 fully saturated rings. The van der Waals surface area contributed by atoms with Crippen molar-refractivity contribution in [2.75, 3.05) is 5.32 Å². The van der Waals surface area contributed by atoms with Gasteiger partial charge in [0, 0.05) is 0 Å². The summed E-state index contributed by atoms with van der Waals surface area (Å²) in [5, 5.41) is 2.82. The molecule has 0 aliphatic carbocycles. The molecule has 0 bridgehead atoms. The maximum Gasteiger partial charge on any atom is 0.259 e. The number of fused-ring (bicyclic) bond motifs is 2. The molecule has 1 N–H and O–H groups in total.